The van der Waals surface area contributed by atoms with Crippen molar-refractivity contribution in [2.75, 3.05) is 31.2 Å². The normalized spacial score (nSPS) is 16.5. The fourth-order valence-electron chi connectivity index (χ4n) is 4.95. The molecule has 0 unspecified atom stereocenters. The van der Waals surface area contributed by atoms with E-state index < -0.39 is 17.3 Å². The zero-order valence-electron chi connectivity index (χ0n) is 20.0. The minimum absolute atomic E-state index is 0.189. The van der Waals surface area contributed by atoms with E-state index in [1.54, 1.807) is 36.5 Å². The van der Waals surface area contributed by atoms with Crippen LogP contribution >= 0.6 is 0 Å². The first-order chi connectivity index (χ1) is 18.0. The highest BCUT2D eigenvalue weighted by molar-refractivity contribution is 5.48. The van der Waals surface area contributed by atoms with Crippen LogP contribution < -0.4 is 15.3 Å². The van der Waals surface area contributed by atoms with Crippen LogP contribution in [0.15, 0.2) is 71.9 Å². The van der Waals surface area contributed by atoms with E-state index in [1.165, 1.54) is 17.1 Å². The van der Waals surface area contributed by atoms with Gasteiger partial charge in [0.05, 0.1) is 12.2 Å². The maximum absolute atomic E-state index is 14.0. The van der Waals surface area contributed by atoms with E-state index in [2.05, 4.69) is 15.0 Å². The highest BCUT2D eigenvalue weighted by atomic mass is 19.1. The molecule has 37 heavy (non-hydrogen) atoms. The highest BCUT2D eigenvalue weighted by Gasteiger charge is 2.44. The third-order valence-corrected chi connectivity index (χ3v) is 7.09. The predicted octanol–water partition coefficient (Wildman–Crippen LogP) is 4.16. The first kappa shape index (κ1) is 23.4. The summed E-state index contributed by atoms with van der Waals surface area (Å²) in [5.41, 5.74) is 0.154. The van der Waals surface area contributed by atoms with Gasteiger partial charge in [-0.1, -0.05) is 6.07 Å². The van der Waals surface area contributed by atoms with Crippen LogP contribution in [0.4, 0.5) is 14.6 Å². The van der Waals surface area contributed by atoms with E-state index >= 15 is 0 Å². The molecule has 0 atom stereocenters. The molecule has 0 bridgehead atoms. The fourth-order valence-corrected chi connectivity index (χ4v) is 4.95. The number of anilines is 1. The fraction of sp³-hybridized carbons (Fsp3) is 0.296. The number of nitrogens with zero attached hydrogens (tertiary/aromatic N) is 5. The lowest BCUT2D eigenvalue weighted by molar-refractivity contribution is -0.000465. The Kier molecular flexibility index (Phi) is 5.96. The lowest BCUT2D eigenvalue weighted by atomic mass is 9.73. The van der Waals surface area contributed by atoms with Crippen LogP contribution in [0.5, 0.6) is 11.5 Å². The molecule has 10 heteroatoms. The summed E-state index contributed by atoms with van der Waals surface area (Å²) in [6.07, 6.45) is 5.18. The van der Waals surface area contributed by atoms with Gasteiger partial charge in [0.25, 0.3) is 0 Å². The zero-order valence-corrected chi connectivity index (χ0v) is 20.0. The maximum Gasteiger partial charge on any atom is 0.350 e. The standard InChI is InChI=1S/C27H25F2N5O3/c28-23-2-1-3-24(29)22(23)15-32-18-31-34(26(32)35)19-4-6-20(7-5-19)37-21-8-11-30-25(14-21)33-16-27(17-33)9-12-36-13-10-27/h1-8,11,14,18H,9-10,12-13,15-17H2. The second-order valence-corrected chi connectivity index (χ2v) is 9.57. The van der Waals surface area contributed by atoms with Crippen molar-refractivity contribution in [2.24, 2.45) is 5.41 Å². The van der Waals surface area contributed by atoms with Crippen LogP contribution in [-0.2, 0) is 11.3 Å². The number of benzene rings is 2. The average molecular weight is 506 g/mol. The van der Waals surface area contributed by atoms with Crippen molar-refractivity contribution in [3.8, 4) is 17.2 Å². The SMILES string of the molecule is O=c1n(Cc2c(F)cccc2F)cnn1-c1ccc(Oc2ccnc(N3CC4(CCOCC4)C3)c2)cc1. The molecule has 2 aromatic heterocycles. The Morgan fingerprint density at radius 2 is 1.70 bits per heavy atom. The number of ether oxygens (including phenoxy) is 2. The summed E-state index contributed by atoms with van der Waals surface area (Å²) in [5.74, 6) is 0.718. The Balaban J connectivity index is 1.13. The van der Waals surface area contributed by atoms with Crippen molar-refractivity contribution in [3.05, 3.63) is 94.8 Å². The smallest absolute Gasteiger partial charge is 0.350 e. The molecule has 2 aliphatic rings. The number of hydrogen-bond acceptors (Lipinski definition) is 6. The van der Waals surface area contributed by atoms with Gasteiger partial charge in [-0.25, -0.2) is 18.6 Å². The summed E-state index contributed by atoms with van der Waals surface area (Å²) < 4.78 is 41.8. The van der Waals surface area contributed by atoms with Gasteiger partial charge in [-0.2, -0.15) is 9.78 Å². The number of hydrogen-bond donors (Lipinski definition) is 0. The number of rotatable bonds is 6. The Hall–Kier alpha value is -4.05. The molecule has 2 fully saturated rings. The summed E-state index contributed by atoms with van der Waals surface area (Å²) in [6.45, 7) is 3.36. The average Bonchev–Trinajstić information content (AvgIpc) is 3.26. The van der Waals surface area contributed by atoms with Gasteiger partial charge in [-0.3, -0.25) is 4.57 Å². The van der Waals surface area contributed by atoms with E-state index in [-0.39, 0.29) is 12.1 Å². The topological polar surface area (TPSA) is 74.4 Å². The van der Waals surface area contributed by atoms with Crippen LogP contribution in [0.3, 0.4) is 0 Å². The van der Waals surface area contributed by atoms with Gasteiger partial charge < -0.3 is 14.4 Å². The van der Waals surface area contributed by atoms with E-state index in [9.17, 15) is 13.6 Å². The van der Waals surface area contributed by atoms with Gasteiger partial charge in [-0.15, -0.1) is 0 Å². The minimum atomic E-state index is -0.711. The molecule has 190 valence electrons. The molecular formula is C27H25F2N5O3. The van der Waals surface area contributed by atoms with Crippen LogP contribution in [-0.4, -0.2) is 45.6 Å². The number of aromatic nitrogens is 4. The van der Waals surface area contributed by atoms with Gasteiger partial charge in [0, 0.05) is 49.5 Å². The van der Waals surface area contributed by atoms with Crippen LogP contribution in [0.25, 0.3) is 5.69 Å². The molecule has 6 rings (SSSR count). The van der Waals surface area contributed by atoms with Crippen molar-refractivity contribution >= 4 is 5.82 Å². The monoisotopic (exact) mass is 505 g/mol. The molecule has 0 aliphatic carbocycles. The lowest BCUT2D eigenvalue weighted by Crippen LogP contribution is -2.58. The molecule has 2 aliphatic heterocycles. The van der Waals surface area contributed by atoms with E-state index in [4.69, 9.17) is 9.47 Å². The third-order valence-electron chi connectivity index (χ3n) is 7.09. The second kappa shape index (κ2) is 9.44. The predicted molar refractivity (Wildman–Crippen MR) is 132 cm³/mol. The summed E-state index contributed by atoms with van der Waals surface area (Å²) in [5, 5.41) is 4.10. The van der Waals surface area contributed by atoms with Crippen molar-refractivity contribution < 1.29 is 18.3 Å². The molecule has 0 N–H and O–H groups in total. The van der Waals surface area contributed by atoms with Crippen LogP contribution in [0.2, 0.25) is 0 Å². The molecule has 2 aromatic carbocycles. The Labute approximate surface area is 211 Å². The van der Waals surface area contributed by atoms with E-state index in [1.807, 2.05) is 6.07 Å². The quantitative estimate of drug-likeness (QED) is 0.392. The molecule has 8 nitrogen and oxygen atoms in total. The first-order valence-corrected chi connectivity index (χ1v) is 12.1. The Morgan fingerprint density at radius 1 is 0.973 bits per heavy atom. The summed E-state index contributed by atoms with van der Waals surface area (Å²) in [7, 11) is 0. The van der Waals surface area contributed by atoms with Crippen molar-refractivity contribution in [1.29, 1.82) is 0 Å². The second-order valence-electron chi connectivity index (χ2n) is 9.57. The van der Waals surface area contributed by atoms with Gasteiger partial charge in [0.15, 0.2) is 0 Å². The van der Waals surface area contributed by atoms with Crippen molar-refractivity contribution in [2.45, 2.75) is 19.4 Å². The largest absolute Gasteiger partial charge is 0.457 e. The Morgan fingerprint density at radius 3 is 2.43 bits per heavy atom. The molecular weight excluding hydrogens is 480 g/mol. The van der Waals surface area contributed by atoms with Crippen molar-refractivity contribution in [1.82, 2.24) is 19.3 Å². The molecule has 0 saturated carbocycles. The molecule has 1 spiro atoms. The Bertz CT molecular complexity index is 1450. The molecule has 2 saturated heterocycles. The van der Waals surface area contributed by atoms with Gasteiger partial charge >= 0.3 is 5.69 Å². The van der Waals surface area contributed by atoms with Gasteiger partial charge in [0.1, 0.15) is 35.3 Å². The van der Waals surface area contributed by atoms with Gasteiger partial charge in [-0.05, 0) is 55.3 Å². The number of pyridine rings is 1. The zero-order chi connectivity index (χ0) is 25.4. The minimum Gasteiger partial charge on any atom is -0.457 e. The van der Waals surface area contributed by atoms with E-state index in [0.717, 1.165) is 61.7 Å². The maximum atomic E-state index is 14.0. The van der Waals surface area contributed by atoms with E-state index in [0.29, 0.717) is 22.6 Å². The molecule has 0 amide bonds. The highest BCUT2D eigenvalue weighted by Crippen LogP contribution is 2.42. The summed E-state index contributed by atoms with van der Waals surface area (Å²) in [6, 6.07) is 14.2. The van der Waals surface area contributed by atoms with Crippen LogP contribution in [0, 0.1) is 17.0 Å². The lowest BCUT2D eigenvalue weighted by Gasteiger charge is -2.52. The molecule has 4 aromatic rings. The summed E-state index contributed by atoms with van der Waals surface area (Å²) >= 11 is 0. The van der Waals surface area contributed by atoms with Gasteiger partial charge in [0.2, 0.25) is 0 Å². The first-order valence-electron chi connectivity index (χ1n) is 12.1. The number of halogens is 2. The third kappa shape index (κ3) is 4.60. The van der Waals surface area contributed by atoms with Crippen molar-refractivity contribution in [3.63, 3.8) is 0 Å². The van der Waals surface area contributed by atoms with Crippen LogP contribution in [0.1, 0.15) is 18.4 Å². The molecule has 0 radical (unpaired) electrons. The molecule has 4 heterocycles. The summed E-state index contributed by atoms with van der Waals surface area (Å²) in [4.78, 5) is 19.6.